The average molecular weight is 232 g/mol. The SMILES string of the molecule is Clc1[nH]nc2cc(Br)ncc12. The van der Waals surface area contributed by atoms with Crippen LogP contribution in [0.5, 0.6) is 0 Å². The minimum absolute atomic E-state index is 0.528. The molecule has 5 heteroatoms. The molecule has 0 aliphatic heterocycles. The third-order valence-electron chi connectivity index (χ3n) is 1.36. The molecule has 0 fully saturated rings. The highest BCUT2D eigenvalue weighted by atomic mass is 79.9. The fraction of sp³-hybridized carbons (Fsp3) is 0. The van der Waals surface area contributed by atoms with Crippen LogP contribution < -0.4 is 0 Å². The summed E-state index contributed by atoms with van der Waals surface area (Å²) >= 11 is 8.99. The fourth-order valence-electron chi connectivity index (χ4n) is 0.851. The van der Waals surface area contributed by atoms with Gasteiger partial charge in [0.15, 0.2) is 0 Å². The second-order valence-corrected chi connectivity index (χ2v) is 3.25. The standard InChI is InChI=1S/C6H3BrClN3/c7-5-1-4-3(2-9-5)6(8)11-10-4/h1-2H,(H,10,11). The molecular weight excluding hydrogens is 229 g/mol. The molecule has 0 unspecified atom stereocenters. The summed E-state index contributed by atoms with van der Waals surface area (Å²) in [7, 11) is 0. The van der Waals surface area contributed by atoms with E-state index in [4.69, 9.17) is 11.6 Å². The summed E-state index contributed by atoms with van der Waals surface area (Å²) in [6.07, 6.45) is 1.67. The van der Waals surface area contributed by atoms with E-state index in [1.165, 1.54) is 0 Å². The van der Waals surface area contributed by atoms with Gasteiger partial charge in [0.25, 0.3) is 0 Å². The van der Waals surface area contributed by atoms with Crippen LogP contribution in [0.15, 0.2) is 16.9 Å². The van der Waals surface area contributed by atoms with Crippen LogP contribution in [0.1, 0.15) is 0 Å². The number of halogens is 2. The van der Waals surface area contributed by atoms with Crippen molar-refractivity contribution in [3.05, 3.63) is 22.0 Å². The molecule has 2 aromatic heterocycles. The Morgan fingerprint density at radius 3 is 3.18 bits per heavy atom. The van der Waals surface area contributed by atoms with Gasteiger partial charge in [0.2, 0.25) is 0 Å². The molecule has 1 N–H and O–H groups in total. The van der Waals surface area contributed by atoms with E-state index in [0.717, 1.165) is 15.5 Å². The zero-order valence-electron chi connectivity index (χ0n) is 5.31. The summed E-state index contributed by atoms with van der Waals surface area (Å²) in [4.78, 5) is 4.01. The van der Waals surface area contributed by atoms with Crippen LogP contribution in [0, 0.1) is 0 Å². The number of aromatic amines is 1. The maximum atomic E-state index is 5.75. The van der Waals surface area contributed by atoms with Gasteiger partial charge in [0.1, 0.15) is 9.76 Å². The second-order valence-electron chi connectivity index (χ2n) is 2.06. The molecule has 0 atom stereocenters. The van der Waals surface area contributed by atoms with E-state index in [1.807, 2.05) is 0 Å². The number of nitrogens with one attached hydrogen (secondary N) is 1. The highest BCUT2D eigenvalue weighted by molar-refractivity contribution is 9.10. The Bertz CT molecular complexity index is 398. The molecule has 0 saturated heterocycles. The van der Waals surface area contributed by atoms with Crippen molar-refractivity contribution in [2.24, 2.45) is 0 Å². The quantitative estimate of drug-likeness (QED) is 0.709. The van der Waals surface area contributed by atoms with Crippen molar-refractivity contribution in [3.63, 3.8) is 0 Å². The molecule has 0 saturated carbocycles. The summed E-state index contributed by atoms with van der Waals surface area (Å²) in [5.41, 5.74) is 0.817. The number of nitrogens with zero attached hydrogens (tertiary/aromatic N) is 2. The molecule has 0 aromatic carbocycles. The third-order valence-corrected chi connectivity index (χ3v) is 2.08. The molecule has 2 heterocycles. The molecule has 0 radical (unpaired) electrons. The number of pyridine rings is 1. The molecule has 11 heavy (non-hydrogen) atoms. The first-order valence-corrected chi connectivity index (χ1v) is 4.09. The van der Waals surface area contributed by atoms with E-state index >= 15 is 0 Å². The minimum atomic E-state index is 0.528. The minimum Gasteiger partial charge on any atom is -0.266 e. The molecule has 0 bridgehead atoms. The molecule has 0 spiro atoms. The predicted molar refractivity (Wildman–Crippen MR) is 46.6 cm³/mol. The first kappa shape index (κ1) is 7.06. The van der Waals surface area contributed by atoms with Crippen LogP contribution in [0.25, 0.3) is 10.9 Å². The maximum Gasteiger partial charge on any atom is 0.133 e. The molecule has 56 valence electrons. The average Bonchev–Trinajstić information content (AvgIpc) is 2.32. The van der Waals surface area contributed by atoms with Crippen LogP contribution in [-0.2, 0) is 0 Å². The summed E-state index contributed by atoms with van der Waals surface area (Å²) in [6, 6.07) is 1.80. The number of hydrogen-bond donors (Lipinski definition) is 1. The van der Waals surface area contributed by atoms with Crippen LogP contribution in [0.4, 0.5) is 0 Å². The number of H-pyrrole nitrogens is 1. The Morgan fingerprint density at radius 2 is 2.36 bits per heavy atom. The van der Waals surface area contributed by atoms with Gasteiger partial charge in [-0.05, 0) is 22.0 Å². The Hall–Kier alpha value is -0.610. The molecule has 0 amide bonds. The van der Waals surface area contributed by atoms with Gasteiger partial charge < -0.3 is 0 Å². The molecule has 2 aromatic rings. The number of hydrogen-bond acceptors (Lipinski definition) is 2. The first-order valence-electron chi connectivity index (χ1n) is 2.92. The highest BCUT2D eigenvalue weighted by Crippen LogP contribution is 2.20. The van der Waals surface area contributed by atoms with Gasteiger partial charge >= 0.3 is 0 Å². The predicted octanol–water partition coefficient (Wildman–Crippen LogP) is 2.37. The fourth-order valence-corrected chi connectivity index (χ4v) is 1.36. The number of fused-ring (bicyclic) bond motifs is 1. The van der Waals surface area contributed by atoms with Gasteiger partial charge in [0.05, 0.1) is 10.9 Å². The van der Waals surface area contributed by atoms with Crippen molar-refractivity contribution >= 4 is 38.4 Å². The zero-order valence-corrected chi connectivity index (χ0v) is 7.65. The lowest BCUT2D eigenvalue weighted by Crippen LogP contribution is -1.73. The van der Waals surface area contributed by atoms with E-state index in [9.17, 15) is 0 Å². The molecule has 0 aliphatic carbocycles. The van der Waals surface area contributed by atoms with E-state index in [2.05, 4.69) is 31.1 Å². The van der Waals surface area contributed by atoms with Gasteiger partial charge in [-0.3, -0.25) is 5.10 Å². The molecule has 3 nitrogen and oxygen atoms in total. The first-order chi connectivity index (χ1) is 5.27. The molecular formula is C6H3BrClN3. The van der Waals surface area contributed by atoms with Crippen LogP contribution in [-0.4, -0.2) is 15.2 Å². The summed E-state index contributed by atoms with van der Waals surface area (Å²) in [6.45, 7) is 0. The third kappa shape index (κ3) is 1.12. The van der Waals surface area contributed by atoms with Gasteiger partial charge in [-0.15, -0.1) is 0 Å². The van der Waals surface area contributed by atoms with E-state index in [-0.39, 0.29) is 0 Å². The van der Waals surface area contributed by atoms with Crippen molar-refractivity contribution in [2.75, 3.05) is 0 Å². The zero-order chi connectivity index (χ0) is 7.84. The highest BCUT2D eigenvalue weighted by Gasteiger charge is 2.02. The van der Waals surface area contributed by atoms with Crippen molar-refractivity contribution in [3.8, 4) is 0 Å². The Morgan fingerprint density at radius 1 is 1.55 bits per heavy atom. The Kier molecular flexibility index (Phi) is 1.58. The van der Waals surface area contributed by atoms with E-state index in [0.29, 0.717) is 5.15 Å². The van der Waals surface area contributed by atoms with Crippen LogP contribution in [0.2, 0.25) is 5.15 Å². The second kappa shape index (κ2) is 2.46. The molecule has 0 aliphatic rings. The van der Waals surface area contributed by atoms with E-state index < -0.39 is 0 Å². The van der Waals surface area contributed by atoms with Crippen molar-refractivity contribution < 1.29 is 0 Å². The van der Waals surface area contributed by atoms with Crippen molar-refractivity contribution in [1.82, 2.24) is 15.2 Å². The van der Waals surface area contributed by atoms with Gasteiger partial charge in [0, 0.05) is 6.20 Å². The van der Waals surface area contributed by atoms with Gasteiger partial charge in [-0.1, -0.05) is 11.6 Å². The van der Waals surface area contributed by atoms with Crippen LogP contribution in [0.3, 0.4) is 0 Å². The van der Waals surface area contributed by atoms with Crippen molar-refractivity contribution in [1.29, 1.82) is 0 Å². The summed E-state index contributed by atoms with van der Waals surface area (Å²) in [5.74, 6) is 0. The lowest BCUT2D eigenvalue weighted by Gasteiger charge is -1.87. The largest absolute Gasteiger partial charge is 0.266 e. The maximum absolute atomic E-state index is 5.75. The molecule has 2 rings (SSSR count). The summed E-state index contributed by atoms with van der Waals surface area (Å²) in [5, 5.41) is 7.98. The smallest absolute Gasteiger partial charge is 0.133 e. The topological polar surface area (TPSA) is 41.6 Å². The number of rotatable bonds is 0. The Balaban J connectivity index is 2.86. The van der Waals surface area contributed by atoms with Gasteiger partial charge in [-0.25, -0.2) is 4.98 Å². The lowest BCUT2D eigenvalue weighted by molar-refractivity contribution is 1.12. The normalized spacial score (nSPS) is 10.7. The lowest BCUT2D eigenvalue weighted by atomic mass is 10.3. The van der Waals surface area contributed by atoms with E-state index in [1.54, 1.807) is 12.3 Å². The summed E-state index contributed by atoms with van der Waals surface area (Å²) < 4.78 is 0.758. The van der Waals surface area contributed by atoms with Crippen LogP contribution >= 0.6 is 27.5 Å². The van der Waals surface area contributed by atoms with Crippen molar-refractivity contribution in [2.45, 2.75) is 0 Å². The monoisotopic (exact) mass is 231 g/mol. The number of aromatic nitrogens is 3. The Labute approximate surface area is 75.9 Å². The van der Waals surface area contributed by atoms with Gasteiger partial charge in [-0.2, -0.15) is 5.10 Å².